The molecule has 1 aromatic carbocycles. The normalized spacial score (nSPS) is 19.0. The van der Waals surface area contributed by atoms with Crippen LogP contribution in [0.15, 0.2) is 12.1 Å². The Morgan fingerprint density at radius 3 is 2.95 bits per heavy atom. The number of anilines is 1. The zero-order valence-corrected chi connectivity index (χ0v) is 13.9. The number of esters is 1. The number of hydrogen-bond donors (Lipinski definition) is 1. The lowest BCUT2D eigenvalue weighted by atomic mass is 10.0. The summed E-state index contributed by atoms with van der Waals surface area (Å²) in [6.45, 7) is 5.49. The Kier molecular flexibility index (Phi) is 5.91. The molecule has 6 heteroatoms. The van der Waals surface area contributed by atoms with Gasteiger partial charge in [-0.1, -0.05) is 18.5 Å². The van der Waals surface area contributed by atoms with Crippen molar-refractivity contribution in [1.82, 2.24) is 4.90 Å². The minimum absolute atomic E-state index is 0.300. The Balaban J connectivity index is 1.91. The fourth-order valence-electron chi connectivity index (χ4n) is 2.73. The van der Waals surface area contributed by atoms with Crippen molar-refractivity contribution in [1.29, 1.82) is 0 Å². The van der Waals surface area contributed by atoms with Crippen molar-refractivity contribution in [3.8, 4) is 5.75 Å². The fraction of sp³-hybridized carbons (Fsp3) is 0.562. The van der Waals surface area contributed by atoms with E-state index in [1.165, 1.54) is 32.1 Å². The van der Waals surface area contributed by atoms with Crippen LogP contribution in [0.4, 0.5) is 5.69 Å². The van der Waals surface area contributed by atoms with E-state index in [1.807, 2.05) is 0 Å². The predicted octanol–water partition coefficient (Wildman–Crippen LogP) is 2.82. The molecule has 1 atom stereocenters. The molecule has 1 aromatic rings. The van der Waals surface area contributed by atoms with Crippen LogP contribution in [-0.2, 0) is 4.74 Å². The number of rotatable bonds is 5. The lowest BCUT2D eigenvalue weighted by Gasteiger charge is -2.30. The summed E-state index contributed by atoms with van der Waals surface area (Å²) in [7, 11) is 1.48. The van der Waals surface area contributed by atoms with Crippen molar-refractivity contribution in [2.24, 2.45) is 5.92 Å². The fourth-order valence-corrected chi connectivity index (χ4v) is 2.90. The van der Waals surface area contributed by atoms with E-state index in [0.717, 1.165) is 19.6 Å². The predicted molar refractivity (Wildman–Crippen MR) is 87.5 cm³/mol. The van der Waals surface area contributed by atoms with E-state index in [1.54, 1.807) is 0 Å². The van der Waals surface area contributed by atoms with Crippen molar-refractivity contribution in [2.45, 2.75) is 19.8 Å². The van der Waals surface area contributed by atoms with Gasteiger partial charge in [-0.3, -0.25) is 4.90 Å². The topological polar surface area (TPSA) is 64.8 Å². The second kappa shape index (κ2) is 7.70. The lowest BCUT2D eigenvalue weighted by Crippen LogP contribution is -2.36. The van der Waals surface area contributed by atoms with Crippen LogP contribution < -0.4 is 10.5 Å². The van der Waals surface area contributed by atoms with Crippen molar-refractivity contribution < 1.29 is 14.3 Å². The largest absolute Gasteiger partial charge is 0.496 e. The number of ether oxygens (including phenoxy) is 2. The number of nitrogen functional groups attached to an aromatic ring is 1. The van der Waals surface area contributed by atoms with Crippen LogP contribution in [0.3, 0.4) is 0 Å². The zero-order chi connectivity index (χ0) is 16.1. The molecule has 5 nitrogen and oxygen atoms in total. The summed E-state index contributed by atoms with van der Waals surface area (Å²) in [6, 6.07) is 3.02. The molecule has 0 spiro atoms. The first kappa shape index (κ1) is 16.9. The van der Waals surface area contributed by atoms with Crippen LogP contribution >= 0.6 is 11.6 Å². The van der Waals surface area contributed by atoms with Gasteiger partial charge in [-0.05, 0) is 31.4 Å². The van der Waals surface area contributed by atoms with E-state index >= 15 is 0 Å². The van der Waals surface area contributed by atoms with Gasteiger partial charge in [0, 0.05) is 19.2 Å². The quantitative estimate of drug-likeness (QED) is 0.666. The van der Waals surface area contributed by atoms with Crippen LogP contribution in [-0.4, -0.2) is 44.2 Å². The van der Waals surface area contributed by atoms with Crippen LogP contribution in [0.2, 0.25) is 5.02 Å². The molecule has 1 aliphatic heterocycles. The minimum Gasteiger partial charge on any atom is -0.496 e. The minimum atomic E-state index is -0.441. The summed E-state index contributed by atoms with van der Waals surface area (Å²) >= 11 is 5.96. The Morgan fingerprint density at radius 1 is 1.50 bits per heavy atom. The second-order valence-corrected chi connectivity index (χ2v) is 6.17. The molecule has 0 aromatic heterocycles. The first-order valence-electron chi connectivity index (χ1n) is 7.53. The smallest absolute Gasteiger partial charge is 0.342 e. The Morgan fingerprint density at radius 2 is 2.27 bits per heavy atom. The molecule has 1 fully saturated rings. The Labute approximate surface area is 136 Å². The highest BCUT2D eigenvalue weighted by molar-refractivity contribution is 6.33. The van der Waals surface area contributed by atoms with Crippen molar-refractivity contribution in [2.75, 3.05) is 39.1 Å². The number of benzene rings is 1. The van der Waals surface area contributed by atoms with E-state index in [4.69, 9.17) is 26.8 Å². The van der Waals surface area contributed by atoms with Gasteiger partial charge in [0.25, 0.3) is 0 Å². The number of carbonyl (C=O) groups excluding carboxylic acids is 1. The molecule has 0 radical (unpaired) electrons. The maximum absolute atomic E-state index is 12.2. The molecule has 22 heavy (non-hydrogen) atoms. The molecule has 1 heterocycles. The average molecular weight is 327 g/mol. The highest BCUT2D eigenvalue weighted by Crippen LogP contribution is 2.29. The monoisotopic (exact) mass is 326 g/mol. The molecular weight excluding hydrogens is 304 g/mol. The molecular formula is C16H23ClN2O3. The van der Waals surface area contributed by atoms with E-state index in [2.05, 4.69) is 11.8 Å². The summed E-state index contributed by atoms with van der Waals surface area (Å²) < 4.78 is 10.5. The van der Waals surface area contributed by atoms with Gasteiger partial charge >= 0.3 is 5.97 Å². The summed E-state index contributed by atoms with van der Waals surface area (Å²) in [5.41, 5.74) is 6.38. The molecule has 0 unspecified atom stereocenters. The molecule has 0 bridgehead atoms. The highest BCUT2D eigenvalue weighted by Gasteiger charge is 2.19. The summed E-state index contributed by atoms with van der Waals surface area (Å²) in [6.07, 6.45) is 2.48. The van der Waals surface area contributed by atoms with Gasteiger partial charge in [0.15, 0.2) is 0 Å². The Hall–Kier alpha value is -1.46. The zero-order valence-electron chi connectivity index (χ0n) is 13.1. The first-order valence-corrected chi connectivity index (χ1v) is 7.91. The average Bonchev–Trinajstić information content (AvgIpc) is 2.49. The molecule has 1 saturated heterocycles. The molecule has 0 saturated carbocycles. The molecule has 2 rings (SSSR count). The van der Waals surface area contributed by atoms with E-state index < -0.39 is 5.97 Å². The molecule has 2 N–H and O–H groups in total. The lowest BCUT2D eigenvalue weighted by molar-refractivity contribution is 0.0435. The number of carbonyl (C=O) groups is 1. The third kappa shape index (κ3) is 4.27. The van der Waals surface area contributed by atoms with Gasteiger partial charge in [0.1, 0.15) is 17.9 Å². The molecule has 0 aliphatic carbocycles. The molecule has 122 valence electrons. The number of nitrogens with two attached hydrogens (primary N) is 1. The van der Waals surface area contributed by atoms with Crippen LogP contribution in [0.5, 0.6) is 5.75 Å². The second-order valence-electron chi connectivity index (χ2n) is 5.76. The van der Waals surface area contributed by atoms with Gasteiger partial charge in [-0.25, -0.2) is 4.79 Å². The van der Waals surface area contributed by atoms with E-state index in [0.29, 0.717) is 34.5 Å². The third-order valence-electron chi connectivity index (χ3n) is 3.92. The number of piperidine rings is 1. The third-order valence-corrected chi connectivity index (χ3v) is 4.25. The van der Waals surface area contributed by atoms with Crippen LogP contribution in [0, 0.1) is 5.92 Å². The van der Waals surface area contributed by atoms with Crippen molar-refractivity contribution in [3.05, 3.63) is 22.7 Å². The van der Waals surface area contributed by atoms with Gasteiger partial charge in [0.05, 0.1) is 17.8 Å². The van der Waals surface area contributed by atoms with Crippen molar-refractivity contribution >= 4 is 23.3 Å². The summed E-state index contributed by atoms with van der Waals surface area (Å²) in [4.78, 5) is 14.5. The highest BCUT2D eigenvalue weighted by atomic mass is 35.5. The van der Waals surface area contributed by atoms with Gasteiger partial charge in [-0.2, -0.15) is 0 Å². The number of hydrogen-bond acceptors (Lipinski definition) is 5. The maximum atomic E-state index is 12.2. The maximum Gasteiger partial charge on any atom is 0.342 e. The molecule has 0 amide bonds. The number of nitrogens with zero attached hydrogens (tertiary/aromatic N) is 1. The number of halogens is 1. The first-order chi connectivity index (χ1) is 10.5. The van der Waals surface area contributed by atoms with E-state index in [9.17, 15) is 4.79 Å². The van der Waals surface area contributed by atoms with Gasteiger partial charge < -0.3 is 15.2 Å². The standard InChI is InChI=1S/C16H23ClN2O3/c1-11-4-3-5-19(10-11)6-7-22-16(20)12-8-13(17)14(18)9-15(12)21-2/h8-9,11H,3-7,10,18H2,1-2H3/t11-/m1/s1. The Bertz CT molecular complexity index is 536. The van der Waals surface area contributed by atoms with E-state index in [-0.39, 0.29) is 0 Å². The summed E-state index contributed by atoms with van der Waals surface area (Å²) in [5.74, 6) is 0.641. The van der Waals surface area contributed by atoms with Crippen LogP contribution in [0.25, 0.3) is 0 Å². The SMILES string of the molecule is COc1cc(N)c(Cl)cc1C(=O)OCCN1CCC[C@@H](C)C1. The molecule has 1 aliphatic rings. The van der Waals surface area contributed by atoms with Gasteiger partial charge in [-0.15, -0.1) is 0 Å². The van der Waals surface area contributed by atoms with Gasteiger partial charge in [0.2, 0.25) is 0 Å². The summed E-state index contributed by atoms with van der Waals surface area (Å²) in [5, 5.41) is 0.317. The number of methoxy groups -OCH3 is 1. The van der Waals surface area contributed by atoms with Crippen molar-refractivity contribution in [3.63, 3.8) is 0 Å². The number of likely N-dealkylation sites (tertiary alicyclic amines) is 1. The van der Waals surface area contributed by atoms with Crippen LogP contribution in [0.1, 0.15) is 30.1 Å².